The predicted octanol–water partition coefficient (Wildman–Crippen LogP) is 1.21. The second kappa shape index (κ2) is 4.82. The first kappa shape index (κ1) is 15.4. The van der Waals surface area contributed by atoms with Crippen LogP contribution in [0.5, 0.6) is 0 Å². The number of hydrogen-bond acceptors (Lipinski definition) is 3. The van der Waals surface area contributed by atoms with Gasteiger partial charge in [-0.3, -0.25) is 4.79 Å². The van der Waals surface area contributed by atoms with Crippen LogP contribution in [-0.2, 0) is 4.79 Å². The summed E-state index contributed by atoms with van der Waals surface area (Å²) in [5, 5.41) is 3.06. The monoisotopic (exact) mass is 255 g/mol. The highest BCUT2D eigenvalue weighted by atomic mass is 16.2. The molecule has 0 aromatic carbocycles. The molecule has 0 saturated heterocycles. The zero-order chi connectivity index (χ0) is 14.2. The van der Waals surface area contributed by atoms with Gasteiger partial charge in [-0.25, -0.2) is 0 Å². The second-order valence-corrected chi connectivity index (χ2v) is 7.37. The van der Waals surface area contributed by atoms with Crippen molar-refractivity contribution in [3.05, 3.63) is 0 Å². The van der Waals surface area contributed by atoms with Crippen LogP contribution >= 0.6 is 0 Å². The molecule has 18 heavy (non-hydrogen) atoms. The highest BCUT2D eigenvalue weighted by Crippen LogP contribution is 2.66. The quantitative estimate of drug-likeness (QED) is 0.750. The lowest BCUT2D eigenvalue weighted by Crippen LogP contribution is -2.44. The van der Waals surface area contributed by atoms with Gasteiger partial charge in [-0.05, 0) is 46.2 Å². The molecule has 0 radical (unpaired) electrons. The predicted molar refractivity (Wildman–Crippen MR) is 75.3 cm³/mol. The van der Waals surface area contributed by atoms with Gasteiger partial charge in [0.05, 0.1) is 5.41 Å². The molecule has 0 bridgehead atoms. The molecule has 1 aliphatic carbocycles. The Morgan fingerprint density at radius 2 is 1.89 bits per heavy atom. The van der Waals surface area contributed by atoms with Crippen molar-refractivity contribution in [2.75, 3.05) is 27.2 Å². The van der Waals surface area contributed by atoms with Gasteiger partial charge in [-0.2, -0.15) is 0 Å². The smallest absolute Gasteiger partial charge is 0.226 e. The molecule has 1 rings (SSSR count). The summed E-state index contributed by atoms with van der Waals surface area (Å²) in [6.45, 7) is 9.88. The largest absolute Gasteiger partial charge is 0.354 e. The number of nitrogens with one attached hydrogen (secondary N) is 1. The van der Waals surface area contributed by atoms with Crippen molar-refractivity contribution in [3.63, 3.8) is 0 Å². The lowest BCUT2D eigenvalue weighted by Gasteiger charge is -2.28. The summed E-state index contributed by atoms with van der Waals surface area (Å²) in [5.74, 6) is 0.174. The summed E-state index contributed by atoms with van der Waals surface area (Å²) in [6.07, 6.45) is 1.69. The normalized spacial score (nSPS) is 26.2. The number of hydrogen-bond donors (Lipinski definition) is 2. The molecule has 4 heteroatoms. The van der Waals surface area contributed by atoms with Crippen molar-refractivity contribution in [2.24, 2.45) is 16.6 Å². The summed E-state index contributed by atoms with van der Waals surface area (Å²) in [5.41, 5.74) is 5.62. The third-order valence-electron chi connectivity index (χ3n) is 3.95. The van der Waals surface area contributed by atoms with E-state index >= 15 is 0 Å². The van der Waals surface area contributed by atoms with Gasteiger partial charge in [0.25, 0.3) is 0 Å². The van der Waals surface area contributed by atoms with E-state index in [0.717, 1.165) is 19.4 Å². The fourth-order valence-electron chi connectivity index (χ4n) is 2.82. The SMILES string of the molecule is CN(C)CCNC(=O)C1(CC(C)(C)N)CC1(C)C. The van der Waals surface area contributed by atoms with Gasteiger partial charge in [0.15, 0.2) is 0 Å². The lowest BCUT2D eigenvalue weighted by atomic mass is 9.83. The molecule has 1 aliphatic rings. The van der Waals surface area contributed by atoms with Crippen LogP contribution in [0.1, 0.15) is 40.5 Å². The van der Waals surface area contributed by atoms with E-state index in [-0.39, 0.29) is 22.3 Å². The first-order valence-corrected chi connectivity index (χ1v) is 6.72. The molecule has 0 heterocycles. The van der Waals surface area contributed by atoms with Crippen LogP contribution in [0.4, 0.5) is 0 Å². The minimum absolute atomic E-state index is 0.0752. The maximum absolute atomic E-state index is 12.4. The number of likely N-dealkylation sites (N-methyl/N-ethyl adjacent to an activating group) is 1. The summed E-state index contributed by atoms with van der Waals surface area (Å²) in [6, 6.07) is 0. The van der Waals surface area contributed by atoms with Crippen molar-refractivity contribution in [1.29, 1.82) is 0 Å². The van der Waals surface area contributed by atoms with Crippen LogP contribution in [0.3, 0.4) is 0 Å². The highest BCUT2D eigenvalue weighted by Gasteiger charge is 2.66. The molecule has 1 unspecified atom stereocenters. The second-order valence-electron chi connectivity index (χ2n) is 7.37. The van der Waals surface area contributed by atoms with E-state index in [9.17, 15) is 4.79 Å². The van der Waals surface area contributed by atoms with E-state index in [1.165, 1.54) is 0 Å². The zero-order valence-corrected chi connectivity index (χ0v) is 12.8. The Kier molecular flexibility index (Phi) is 4.13. The lowest BCUT2D eigenvalue weighted by molar-refractivity contribution is -0.128. The van der Waals surface area contributed by atoms with E-state index in [1.807, 2.05) is 27.9 Å². The maximum Gasteiger partial charge on any atom is 0.226 e. The summed E-state index contributed by atoms with van der Waals surface area (Å²) in [7, 11) is 4.01. The Hall–Kier alpha value is -0.610. The van der Waals surface area contributed by atoms with Gasteiger partial charge in [0, 0.05) is 18.6 Å². The summed E-state index contributed by atoms with van der Waals surface area (Å²) < 4.78 is 0. The maximum atomic E-state index is 12.4. The molecular weight excluding hydrogens is 226 g/mol. The number of carbonyl (C=O) groups is 1. The van der Waals surface area contributed by atoms with Gasteiger partial charge in [0.1, 0.15) is 0 Å². The van der Waals surface area contributed by atoms with Crippen LogP contribution in [0.2, 0.25) is 0 Å². The van der Waals surface area contributed by atoms with Gasteiger partial charge in [0.2, 0.25) is 5.91 Å². The molecule has 1 atom stereocenters. The number of nitrogens with zero attached hydrogens (tertiary/aromatic N) is 1. The number of carbonyl (C=O) groups excluding carboxylic acids is 1. The minimum atomic E-state index is -0.299. The molecule has 3 N–H and O–H groups in total. The molecule has 4 nitrogen and oxygen atoms in total. The van der Waals surface area contributed by atoms with Gasteiger partial charge in [-0.15, -0.1) is 0 Å². The van der Waals surface area contributed by atoms with Crippen molar-refractivity contribution >= 4 is 5.91 Å². The van der Waals surface area contributed by atoms with Crippen molar-refractivity contribution in [2.45, 2.75) is 46.1 Å². The van der Waals surface area contributed by atoms with Crippen LogP contribution in [0, 0.1) is 10.8 Å². The third-order valence-corrected chi connectivity index (χ3v) is 3.95. The van der Waals surface area contributed by atoms with E-state index in [1.54, 1.807) is 0 Å². The van der Waals surface area contributed by atoms with E-state index in [4.69, 9.17) is 5.73 Å². The van der Waals surface area contributed by atoms with Gasteiger partial charge < -0.3 is 16.0 Å². The Morgan fingerprint density at radius 1 is 1.39 bits per heavy atom. The molecule has 0 spiro atoms. The van der Waals surface area contributed by atoms with Crippen molar-refractivity contribution in [3.8, 4) is 0 Å². The first-order valence-electron chi connectivity index (χ1n) is 6.72. The summed E-state index contributed by atoms with van der Waals surface area (Å²) >= 11 is 0. The minimum Gasteiger partial charge on any atom is -0.354 e. The van der Waals surface area contributed by atoms with Crippen molar-refractivity contribution in [1.82, 2.24) is 10.2 Å². The standard InChI is InChI=1S/C14H29N3O/c1-12(2)9-14(12,10-13(3,4)15)11(18)16-7-8-17(5)6/h7-10,15H2,1-6H3,(H,16,18). The number of amides is 1. The molecule has 106 valence electrons. The highest BCUT2D eigenvalue weighted by molar-refractivity contribution is 5.87. The molecule has 0 aromatic rings. The molecule has 1 fully saturated rings. The van der Waals surface area contributed by atoms with E-state index in [2.05, 4.69) is 24.1 Å². The Balaban J connectivity index is 2.62. The van der Waals surface area contributed by atoms with Crippen LogP contribution in [-0.4, -0.2) is 43.5 Å². The molecule has 0 aromatic heterocycles. The third kappa shape index (κ3) is 3.45. The van der Waals surface area contributed by atoms with Crippen LogP contribution < -0.4 is 11.1 Å². The average molecular weight is 255 g/mol. The summed E-state index contributed by atoms with van der Waals surface area (Å²) in [4.78, 5) is 14.5. The molecule has 1 saturated carbocycles. The molecular formula is C14H29N3O. The number of nitrogens with two attached hydrogens (primary N) is 1. The Bertz CT molecular complexity index is 317. The Labute approximate surface area is 111 Å². The fraction of sp³-hybridized carbons (Fsp3) is 0.929. The topological polar surface area (TPSA) is 58.4 Å². The zero-order valence-electron chi connectivity index (χ0n) is 12.8. The van der Waals surface area contributed by atoms with E-state index < -0.39 is 0 Å². The number of rotatable bonds is 6. The van der Waals surface area contributed by atoms with E-state index in [0.29, 0.717) is 6.54 Å². The van der Waals surface area contributed by atoms with Crippen molar-refractivity contribution < 1.29 is 4.79 Å². The van der Waals surface area contributed by atoms with Gasteiger partial charge >= 0.3 is 0 Å². The van der Waals surface area contributed by atoms with Gasteiger partial charge in [-0.1, -0.05) is 13.8 Å². The Morgan fingerprint density at radius 3 is 2.22 bits per heavy atom. The first-order chi connectivity index (χ1) is 8.00. The molecule has 1 amide bonds. The average Bonchev–Trinajstić information content (AvgIpc) is 2.65. The van der Waals surface area contributed by atoms with Crippen LogP contribution in [0.25, 0.3) is 0 Å². The van der Waals surface area contributed by atoms with Crippen LogP contribution in [0.15, 0.2) is 0 Å². The fourth-order valence-corrected chi connectivity index (χ4v) is 2.82. The molecule has 0 aliphatic heterocycles.